The molecule has 1 atom stereocenters. The fourth-order valence-electron chi connectivity index (χ4n) is 3.36. The van der Waals surface area contributed by atoms with Gasteiger partial charge in [0.05, 0.1) is 10.9 Å². The molecule has 3 aromatic heterocycles. The summed E-state index contributed by atoms with van der Waals surface area (Å²) >= 11 is 1.35. The SMILES string of the molecule is CC(C)NC(=O)c1cc(-c2csc(C(=O)N[C@@H](C)c3ccccc3)c2)cc2nc(N)nn12. The van der Waals surface area contributed by atoms with E-state index in [2.05, 4.69) is 20.7 Å². The van der Waals surface area contributed by atoms with Crippen molar-refractivity contribution in [3.05, 3.63) is 70.0 Å². The second kappa shape index (κ2) is 8.80. The zero-order valence-corrected chi connectivity index (χ0v) is 18.8. The average Bonchev–Trinajstić information content (AvgIpc) is 3.39. The monoisotopic (exact) mass is 448 g/mol. The van der Waals surface area contributed by atoms with Crippen LogP contribution in [0, 0.1) is 0 Å². The highest BCUT2D eigenvalue weighted by Crippen LogP contribution is 2.28. The van der Waals surface area contributed by atoms with Crippen LogP contribution in [-0.4, -0.2) is 32.5 Å². The lowest BCUT2D eigenvalue weighted by Gasteiger charge is -2.13. The molecule has 0 saturated heterocycles. The molecule has 4 rings (SSSR count). The number of rotatable bonds is 6. The Hall–Kier alpha value is -3.72. The lowest BCUT2D eigenvalue weighted by molar-refractivity contribution is 0.0930. The Bertz CT molecular complexity index is 1280. The lowest BCUT2D eigenvalue weighted by Crippen LogP contribution is -2.31. The number of nitrogens with one attached hydrogen (secondary N) is 2. The molecule has 32 heavy (non-hydrogen) atoms. The number of carbonyl (C=O) groups excluding carboxylic acids is 2. The van der Waals surface area contributed by atoms with Crippen LogP contribution in [0.5, 0.6) is 0 Å². The highest BCUT2D eigenvalue weighted by Gasteiger charge is 2.18. The molecule has 0 spiro atoms. The van der Waals surface area contributed by atoms with Gasteiger partial charge in [-0.3, -0.25) is 9.59 Å². The lowest BCUT2D eigenvalue weighted by atomic mass is 10.1. The third-order valence-corrected chi connectivity index (χ3v) is 5.84. The molecule has 0 radical (unpaired) electrons. The van der Waals surface area contributed by atoms with Crippen LogP contribution in [0.4, 0.5) is 5.95 Å². The number of aromatic nitrogens is 3. The Morgan fingerprint density at radius 3 is 2.47 bits per heavy atom. The minimum absolute atomic E-state index is 0.0369. The zero-order chi connectivity index (χ0) is 22.8. The summed E-state index contributed by atoms with van der Waals surface area (Å²) in [5.74, 6) is -0.342. The highest BCUT2D eigenvalue weighted by atomic mass is 32.1. The fraction of sp³-hybridized carbons (Fsp3) is 0.217. The van der Waals surface area contributed by atoms with Gasteiger partial charge >= 0.3 is 0 Å². The minimum atomic E-state index is -0.276. The van der Waals surface area contributed by atoms with Gasteiger partial charge in [0.15, 0.2) is 5.65 Å². The van der Waals surface area contributed by atoms with E-state index in [0.29, 0.717) is 16.2 Å². The number of thiophene rings is 1. The van der Waals surface area contributed by atoms with Gasteiger partial charge in [-0.05, 0) is 61.0 Å². The van der Waals surface area contributed by atoms with Crippen molar-refractivity contribution in [3.63, 3.8) is 0 Å². The molecular weight excluding hydrogens is 424 g/mol. The number of hydrogen-bond donors (Lipinski definition) is 3. The highest BCUT2D eigenvalue weighted by molar-refractivity contribution is 7.12. The maximum Gasteiger partial charge on any atom is 0.270 e. The Kier molecular flexibility index (Phi) is 5.91. The predicted molar refractivity (Wildman–Crippen MR) is 126 cm³/mol. The molecule has 0 aliphatic rings. The van der Waals surface area contributed by atoms with Crippen molar-refractivity contribution in [1.29, 1.82) is 0 Å². The van der Waals surface area contributed by atoms with Crippen LogP contribution in [0.2, 0.25) is 0 Å². The van der Waals surface area contributed by atoms with Gasteiger partial charge in [-0.15, -0.1) is 16.4 Å². The van der Waals surface area contributed by atoms with Crippen LogP contribution in [0.25, 0.3) is 16.8 Å². The van der Waals surface area contributed by atoms with E-state index in [4.69, 9.17) is 5.73 Å². The number of amides is 2. The van der Waals surface area contributed by atoms with Crippen LogP contribution in [0.15, 0.2) is 53.9 Å². The molecular formula is C23H24N6O2S. The van der Waals surface area contributed by atoms with E-state index >= 15 is 0 Å². The van der Waals surface area contributed by atoms with Crippen LogP contribution in [0.1, 0.15) is 52.5 Å². The average molecular weight is 449 g/mol. The zero-order valence-electron chi connectivity index (χ0n) is 18.0. The molecule has 0 aliphatic heterocycles. The maximum absolute atomic E-state index is 12.8. The Labute approximate surface area is 189 Å². The number of anilines is 1. The van der Waals surface area contributed by atoms with Gasteiger partial charge in [-0.25, -0.2) is 4.52 Å². The first kappa shape index (κ1) is 21.5. The molecule has 4 N–H and O–H groups in total. The van der Waals surface area contributed by atoms with E-state index in [0.717, 1.165) is 16.7 Å². The fourth-order valence-corrected chi connectivity index (χ4v) is 4.18. The van der Waals surface area contributed by atoms with Crippen LogP contribution in [-0.2, 0) is 0 Å². The van der Waals surface area contributed by atoms with Gasteiger partial charge in [0.1, 0.15) is 5.69 Å². The van der Waals surface area contributed by atoms with Crippen LogP contribution in [0.3, 0.4) is 0 Å². The number of benzene rings is 1. The number of carbonyl (C=O) groups is 2. The molecule has 8 nitrogen and oxygen atoms in total. The molecule has 9 heteroatoms. The van der Waals surface area contributed by atoms with Crippen molar-refractivity contribution in [1.82, 2.24) is 25.2 Å². The van der Waals surface area contributed by atoms with Crippen molar-refractivity contribution in [2.24, 2.45) is 0 Å². The molecule has 0 fully saturated rings. The van der Waals surface area contributed by atoms with Gasteiger partial charge in [-0.2, -0.15) is 4.98 Å². The predicted octanol–water partition coefficient (Wildman–Crippen LogP) is 3.67. The summed E-state index contributed by atoms with van der Waals surface area (Å²) in [4.78, 5) is 30.3. The van der Waals surface area contributed by atoms with E-state index < -0.39 is 0 Å². The maximum atomic E-state index is 12.8. The molecule has 1 aromatic carbocycles. The summed E-state index contributed by atoms with van der Waals surface area (Å²) in [6.07, 6.45) is 0. The smallest absolute Gasteiger partial charge is 0.270 e. The third kappa shape index (κ3) is 4.47. The Morgan fingerprint density at radius 2 is 1.75 bits per heavy atom. The second-order valence-corrected chi connectivity index (χ2v) is 8.71. The van der Waals surface area contributed by atoms with Gasteiger partial charge in [0, 0.05) is 6.04 Å². The topological polar surface area (TPSA) is 114 Å². The van der Waals surface area contributed by atoms with E-state index in [1.54, 1.807) is 12.1 Å². The quantitative estimate of drug-likeness (QED) is 0.416. The van der Waals surface area contributed by atoms with E-state index in [-0.39, 0.29) is 29.8 Å². The third-order valence-electron chi connectivity index (χ3n) is 4.91. The van der Waals surface area contributed by atoms with Crippen molar-refractivity contribution < 1.29 is 9.59 Å². The number of pyridine rings is 1. The van der Waals surface area contributed by atoms with Crippen molar-refractivity contribution in [2.45, 2.75) is 32.9 Å². The summed E-state index contributed by atoms with van der Waals surface area (Å²) in [5, 5.41) is 11.9. The first-order valence-corrected chi connectivity index (χ1v) is 11.1. The summed E-state index contributed by atoms with van der Waals surface area (Å²) in [6.45, 7) is 5.72. The number of fused-ring (bicyclic) bond motifs is 1. The largest absolute Gasteiger partial charge is 0.366 e. The second-order valence-electron chi connectivity index (χ2n) is 7.80. The standard InChI is InChI=1S/C23H24N6O2S/c1-13(2)25-21(30)18-9-16(11-20-27-23(24)28-29(18)20)17-10-19(32-12-17)22(31)26-14(3)15-7-5-4-6-8-15/h4-14H,1-3H3,(H2,24,28)(H,25,30)(H,26,31)/t14-/m0/s1. The van der Waals surface area contributed by atoms with Gasteiger partial charge in [0.25, 0.3) is 11.8 Å². The molecule has 4 aromatic rings. The summed E-state index contributed by atoms with van der Waals surface area (Å²) in [7, 11) is 0. The van der Waals surface area contributed by atoms with E-state index in [1.165, 1.54) is 15.9 Å². The number of nitrogens with two attached hydrogens (primary N) is 1. The van der Waals surface area contributed by atoms with E-state index in [1.807, 2.05) is 62.5 Å². The first-order valence-electron chi connectivity index (χ1n) is 10.2. The number of nitrogens with zero attached hydrogens (tertiary/aromatic N) is 3. The van der Waals surface area contributed by atoms with Crippen LogP contribution < -0.4 is 16.4 Å². The Morgan fingerprint density at radius 1 is 1.00 bits per heavy atom. The van der Waals surface area contributed by atoms with Gasteiger partial charge < -0.3 is 16.4 Å². The van der Waals surface area contributed by atoms with E-state index in [9.17, 15) is 9.59 Å². The first-order chi connectivity index (χ1) is 15.3. The van der Waals surface area contributed by atoms with Crippen molar-refractivity contribution in [2.75, 3.05) is 5.73 Å². The molecule has 3 heterocycles. The summed E-state index contributed by atoms with van der Waals surface area (Å²) < 4.78 is 1.43. The normalized spacial score (nSPS) is 12.1. The van der Waals surface area contributed by atoms with Crippen LogP contribution >= 0.6 is 11.3 Å². The van der Waals surface area contributed by atoms with Crippen molar-refractivity contribution in [3.8, 4) is 11.1 Å². The molecule has 2 amide bonds. The molecule has 0 aliphatic carbocycles. The van der Waals surface area contributed by atoms with Crippen molar-refractivity contribution >= 4 is 34.7 Å². The summed E-state index contributed by atoms with van der Waals surface area (Å²) in [6, 6.07) is 15.0. The number of hydrogen-bond acceptors (Lipinski definition) is 6. The van der Waals surface area contributed by atoms with Gasteiger partial charge in [-0.1, -0.05) is 30.3 Å². The molecule has 164 valence electrons. The minimum Gasteiger partial charge on any atom is -0.366 e. The molecule has 0 saturated carbocycles. The number of nitrogen functional groups attached to an aromatic ring is 1. The Balaban J connectivity index is 1.62. The summed E-state index contributed by atoms with van der Waals surface area (Å²) in [5.41, 5.74) is 9.15. The van der Waals surface area contributed by atoms with Gasteiger partial charge in [0.2, 0.25) is 5.95 Å². The molecule has 0 bridgehead atoms. The molecule has 0 unspecified atom stereocenters.